The second kappa shape index (κ2) is 10.4. The molecule has 0 saturated carbocycles. The second-order valence-electron chi connectivity index (χ2n) is 7.52. The van der Waals surface area contributed by atoms with Crippen LogP contribution in [0.4, 0.5) is 17.6 Å². The lowest BCUT2D eigenvalue weighted by atomic mass is 10.2. The van der Waals surface area contributed by atoms with Crippen molar-refractivity contribution in [2.75, 3.05) is 0 Å². The van der Waals surface area contributed by atoms with Crippen molar-refractivity contribution in [3.8, 4) is 23.1 Å². The fourth-order valence-electron chi connectivity index (χ4n) is 3.03. The molecule has 0 aliphatic carbocycles. The molecular formula is C22H17ClF4N4O6. The third kappa shape index (κ3) is 5.65. The van der Waals surface area contributed by atoms with Gasteiger partial charge in [-0.3, -0.25) is 9.36 Å². The predicted molar refractivity (Wildman–Crippen MR) is 121 cm³/mol. The smallest absolute Gasteiger partial charge is 0.431 e. The van der Waals surface area contributed by atoms with Gasteiger partial charge in [0.2, 0.25) is 5.76 Å². The average molecular weight is 545 g/mol. The van der Waals surface area contributed by atoms with Crippen LogP contribution in [0, 0.1) is 5.82 Å². The van der Waals surface area contributed by atoms with E-state index >= 15 is 0 Å². The molecule has 0 fully saturated rings. The molecule has 37 heavy (non-hydrogen) atoms. The minimum absolute atomic E-state index is 0.153. The highest BCUT2D eigenvalue weighted by atomic mass is 35.5. The number of nitrogens with two attached hydrogens (primary N) is 1. The Balaban J connectivity index is 2.12. The minimum Gasteiger partial charge on any atom is -0.450 e. The molecule has 10 nitrogen and oxygen atoms in total. The Morgan fingerprint density at radius 3 is 2.41 bits per heavy atom. The first-order valence-electron chi connectivity index (χ1n) is 10.0. The molecule has 0 saturated heterocycles. The molecule has 2 aromatic heterocycles. The SMILES string of the molecule is CC(C)=C(Oc1ncccc1Oc1cc(-n2c(=O)cc(C(F)(F)F)n(C)c2=O)c(F)cc1Cl)C(=O)ON. The molecule has 0 spiro atoms. The zero-order chi connectivity index (χ0) is 27.7. The van der Waals surface area contributed by atoms with E-state index in [1.165, 1.54) is 32.2 Å². The van der Waals surface area contributed by atoms with Crippen molar-refractivity contribution in [1.29, 1.82) is 0 Å². The van der Waals surface area contributed by atoms with Crippen molar-refractivity contribution in [2.45, 2.75) is 20.0 Å². The van der Waals surface area contributed by atoms with Gasteiger partial charge >= 0.3 is 17.8 Å². The average Bonchev–Trinajstić information content (AvgIpc) is 2.82. The van der Waals surface area contributed by atoms with Gasteiger partial charge in [-0.2, -0.15) is 19.1 Å². The Morgan fingerprint density at radius 1 is 1.14 bits per heavy atom. The molecule has 0 amide bonds. The number of carbonyl (C=O) groups excluding carboxylic acids is 1. The van der Waals surface area contributed by atoms with Crippen molar-refractivity contribution >= 4 is 17.6 Å². The molecular weight excluding hydrogens is 528 g/mol. The number of halogens is 5. The lowest BCUT2D eigenvalue weighted by Gasteiger charge is -2.16. The fourth-order valence-corrected chi connectivity index (χ4v) is 3.22. The molecule has 3 aromatic rings. The second-order valence-corrected chi connectivity index (χ2v) is 7.93. The van der Waals surface area contributed by atoms with E-state index in [0.717, 1.165) is 13.1 Å². The van der Waals surface area contributed by atoms with Crippen molar-refractivity contribution in [1.82, 2.24) is 14.1 Å². The Morgan fingerprint density at radius 2 is 1.81 bits per heavy atom. The molecule has 0 radical (unpaired) electrons. The van der Waals surface area contributed by atoms with Gasteiger partial charge in [0, 0.05) is 25.4 Å². The van der Waals surface area contributed by atoms with E-state index in [0.29, 0.717) is 11.6 Å². The number of rotatable bonds is 6. The van der Waals surface area contributed by atoms with E-state index < -0.39 is 40.6 Å². The summed E-state index contributed by atoms with van der Waals surface area (Å²) in [5, 5.41) is -0.336. The summed E-state index contributed by atoms with van der Waals surface area (Å²) in [6.45, 7) is 3.06. The Bertz CT molecular complexity index is 1530. The summed E-state index contributed by atoms with van der Waals surface area (Å²) in [5.74, 6) is 1.64. The third-order valence-corrected chi connectivity index (χ3v) is 5.05. The number of allylic oxidation sites excluding steroid dienone is 1. The molecule has 2 heterocycles. The van der Waals surface area contributed by atoms with Crippen LogP contribution < -0.4 is 26.6 Å². The zero-order valence-corrected chi connectivity index (χ0v) is 20.0. The molecule has 0 atom stereocenters. The predicted octanol–water partition coefficient (Wildman–Crippen LogP) is 3.62. The van der Waals surface area contributed by atoms with Crippen LogP contribution in [-0.2, 0) is 22.9 Å². The monoisotopic (exact) mass is 544 g/mol. The maximum absolute atomic E-state index is 14.8. The summed E-state index contributed by atoms with van der Waals surface area (Å²) in [6, 6.07) is 4.43. The van der Waals surface area contributed by atoms with Gasteiger partial charge in [-0.05, 0) is 37.6 Å². The first-order valence-corrected chi connectivity index (χ1v) is 10.4. The highest BCUT2D eigenvalue weighted by Gasteiger charge is 2.35. The number of ether oxygens (including phenoxy) is 2. The normalized spacial score (nSPS) is 11.2. The molecule has 3 rings (SSSR count). The van der Waals surface area contributed by atoms with Crippen LogP contribution in [-0.4, -0.2) is 20.1 Å². The molecule has 196 valence electrons. The summed E-state index contributed by atoms with van der Waals surface area (Å²) in [5.41, 5.74) is -4.80. The largest absolute Gasteiger partial charge is 0.450 e. The highest BCUT2D eigenvalue weighted by molar-refractivity contribution is 6.32. The van der Waals surface area contributed by atoms with E-state index in [1.807, 2.05) is 0 Å². The van der Waals surface area contributed by atoms with Crippen molar-refractivity contribution in [2.24, 2.45) is 12.9 Å². The number of carbonyl (C=O) groups is 1. The summed E-state index contributed by atoms with van der Waals surface area (Å²) in [6.07, 6.45) is -3.71. The molecule has 2 N–H and O–H groups in total. The van der Waals surface area contributed by atoms with Gasteiger partial charge in [-0.25, -0.2) is 23.5 Å². The van der Waals surface area contributed by atoms with Crippen LogP contribution in [0.15, 0.2) is 57.5 Å². The van der Waals surface area contributed by atoms with Gasteiger partial charge in [0.05, 0.1) is 10.7 Å². The number of hydrogen-bond donors (Lipinski definition) is 1. The Labute approximate surface area is 210 Å². The minimum atomic E-state index is -5.00. The Hall–Kier alpha value is -4.17. The summed E-state index contributed by atoms with van der Waals surface area (Å²) in [7, 11) is 0.777. The molecule has 15 heteroatoms. The van der Waals surface area contributed by atoms with Gasteiger partial charge in [0.1, 0.15) is 17.3 Å². The quantitative estimate of drug-likeness (QED) is 0.216. The van der Waals surface area contributed by atoms with Crippen LogP contribution in [0.5, 0.6) is 17.4 Å². The van der Waals surface area contributed by atoms with E-state index in [9.17, 15) is 31.9 Å². The van der Waals surface area contributed by atoms with E-state index in [2.05, 4.69) is 9.82 Å². The number of nitrogens with zero attached hydrogens (tertiary/aromatic N) is 3. The van der Waals surface area contributed by atoms with Crippen LogP contribution >= 0.6 is 11.6 Å². The molecule has 0 aliphatic heterocycles. The van der Waals surface area contributed by atoms with Crippen molar-refractivity contribution in [3.05, 3.63) is 85.2 Å². The van der Waals surface area contributed by atoms with Crippen LogP contribution in [0.1, 0.15) is 19.5 Å². The molecule has 1 aromatic carbocycles. The zero-order valence-electron chi connectivity index (χ0n) is 19.2. The lowest BCUT2D eigenvalue weighted by Crippen LogP contribution is -2.41. The van der Waals surface area contributed by atoms with E-state index in [-0.39, 0.29) is 43.4 Å². The van der Waals surface area contributed by atoms with E-state index in [4.69, 9.17) is 27.0 Å². The molecule has 0 aliphatic rings. The van der Waals surface area contributed by atoms with Gasteiger partial charge < -0.3 is 14.3 Å². The van der Waals surface area contributed by atoms with E-state index in [1.54, 1.807) is 0 Å². The summed E-state index contributed by atoms with van der Waals surface area (Å²) >= 11 is 6.07. The van der Waals surface area contributed by atoms with Gasteiger partial charge in [0.25, 0.3) is 11.4 Å². The number of alkyl halides is 3. The topological polar surface area (TPSA) is 128 Å². The van der Waals surface area contributed by atoms with Crippen LogP contribution in [0.2, 0.25) is 5.02 Å². The maximum atomic E-state index is 14.8. The van der Waals surface area contributed by atoms with Crippen LogP contribution in [0.25, 0.3) is 5.69 Å². The number of aromatic nitrogens is 3. The highest BCUT2D eigenvalue weighted by Crippen LogP contribution is 2.37. The van der Waals surface area contributed by atoms with Gasteiger partial charge in [-0.15, -0.1) is 0 Å². The summed E-state index contributed by atoms with van der Waals surface area (Å²) < 4.78 is 65.7. The number of pyridine rings is 1. The van der Waals surface area contributed by atoms with Crippen molar-refractivity contribution < 1.29 is 36.7 Å². The van der Waals surface area contributed by atoms with Crippen LogP contribution in [0.3, 0.4) is 0 Å². The number of benzene rings is 1. The molecule has 0 unspecified atom stereocenters. The van der Waals surface area contributed by atoms with Gasteiger partial charge in [0.15, 0.2) is 5.75 Å². The lowest BCUT2D eigenvalue weighted by molar-refractivity contribution is -0.144. The van der Waals surface area contributed by atoms with Crippen molar-refractivity contribution in [3.63, 3.8) is 0 Å². The fraction of sp³-hybridized carbons (Fsp3) is 0.182. The Kier molecular flexibility index (Phi) is 7.74. The number of hydrogen-bond acceptors (Lipinski definition) is 8. The maximum Gasteiger partial charge on any atom is 0.431 e. The first kappa shape index (κ1) is 27.4. The molecule has 0 bridgehead atoms. The van der Waals surface area contributed by atoms with Gasteiger partial charge in [-0.1, -0.05) is 11.6 Å². The first-order chi connectivity index (χ1) is 17.3. The summed E-state index contributed by atoms with van der Waals surface area (Å²) in [4.78, 5) is 45.0. The standard InChI is InChI=1S/C22H17ClF4N4O6/c1-10(2)18(20(33)37-28)36-19-14(5-4-6-29-19)35-15-8-13(12(24)7-11(15)23)31-17(32)9-16(22(25,26)27)30(3)21(31)34/h4-9H,28H2,1-3H3. The third-order valence-electron chi connectivity index (χ3n) is 4.75.